The molecule has 3 rings (SSSR count). The molecule has 4 nitrogen and oxygen atoms in total. The summed E-state index contributed by atoms with van der Waals surface area (Å²) in [6, 6.07) is 10.3. The van der Waals surface area contributed by atoms with Crippen molar-refractivity contribution < 1.29 is 9.47 Å². The quantitative estimate of drug-likeness (QED) is 0.914. The Morgan fingerprint density at radius 3 is 3.11 bits per heavy atom. The number of hydrogen-bond donors (Lipinski definition) is 1. The van der Waals surface area contributed by atoms with Gasteiger partial charge in [0.25, 0.3) is 0 Å². The summed E-state index contributed by atoms with van der Waals surface area (Å²) in [5.74, 6) is 0.828. The first-order valence-corrected chi connectivity index (χ1v) is 6.64. The second-order valence-electron chi connectivity index (χ2n) is 4.75. The van der Waals surface area contributed by atoms with Gasteiger partial charge in [-0.05, 0) is 25.6 Å². The zero-order chi connectivity index (χ0) is 13.1. The number of nitrogens with one attached hydrogen (secondary N) is 1. The van der Waals surface area contributed by atoms with E-state index in [1.54, 1.807) is 6.20 Å². The third-order valence-corrected chi connectivity index (χ3v) is 3.55. The summed E-state index contributed by atoms with van der Waals surface area (Å²) in [7, 11) is 1.97. The van der Waals surface area contributed by atoms with Crippen LogP contribution in [0.1, 0.15) is 6.42 Å². The fraction of sp³-hybridized carbons (Fsp3) is 0.400. The Balaban J connectivity index is 1.88. The fourth-order valence-electron chi connectivity index (χ4n) is 2.49. The molecule has 1 aromatic carbocycles. The number of likely N-dealkylation sites (N-methyl/N-ethyl adjacent to an activating group) is 1. The Kier molecular flexibility index (Phi) is 3.62. The van der Waals surface area contributed by atoms with Gasteiger partial charge in [0.1, 0.15) is 17.4 Å². The molecule has 2 heterocycles. The van der Waals surface area contributed by atoms with Gasteiger partial charge in [0.2, 0.25) is 0 Å². The molecule has 0 radical (unpaired) electrons. The minimum absolute atomic E-state index is 0.0337. The third-order valence-electron chi connectivity index (χ3n) is 3.55. The van der Waals surface area contributed by atoms with Crippen LogP contribution in [0.25, 0.3) is 10.9 Å². The number of aromatic nitrogens is 1. The van der Waals surface area contributed by atoms with Crippen LogP contribution in [0, 0.1) is 0 Å². The molecule has 100 valence electrons. The van der Waals surface area contributed by atoms with Gasteiger partial charge >= 0.3 is 0 Å². The normalized spacial score (nSPS) is 23.4. The van der Waals surface area contributed by atoms with Gasteiger partial charge in [-0.25, -0.2) is 0 Å². The first-order valence-electron chi connectivity index (χ1n) is 6.64. The maximum absolute atomic E-state index is 6.12. The van der Waals surface area contributed by atoms with Gasteiger partial charge in [0, 0.05) is 24.2 Å². The van der Waals surface area contributed by atoms with Gasteiger partial charge in [0.05, 0.1) is 6.61 Å². The lowest BCUT2D eigenvalue weighted by atomic mass is 10.1. The van der Waals surface area contributed by atoms with Crippen molar-refractivity contribution in [3.05, 3.63) is 36.5 Å². The molecule has 1 aliphatic heterocycles. The van der Waals surface area contributed by atoms with E-state index in [0.717, 1.165) is 29.7 Å². The zero-order valence-electron chi connectivity index (χ0n) is 11.0. The van der Waals surface area contributed by atoms with Crippen LogP contribution in [0.2, 0.25) is 0 Å². The lowest BCUT2D eigenvalue weighted by Gasteiger charge is -2.31. The topological polar surface area (TPSA) is 43.4 Å². The predicted molar refractivity (Wildman–Crippen MR) is 74.4 cm³/mol. The van der Waals surface area contributed by atoms with Crippen molar-refractivity contribution in [1.29, 1.82) is 0 Å². The molecule has 0 spiro atoms. The number of ether oxygens (including phenoxy) is 2. The van der Waals surface area contributed by atoms with Crippen LogP contribution in [0.5, 0.6) is 5.75 Å². The molecule has 2 atom stereocenters. The van der Waals surface area contributed by atoms with E-state index in [-0.39, 0.29) is 6.10 Å². The molecule has 4 heteroatoms. The fourth-order valence-corrected chi connectivity index (χ4v) is 2.49. The van der Waals surface area contributed by atoms with Crippen LogP contribution in [0.15, 0.2) is 36.5 Å². The van der Waals surface area contributed by atoms with Crippen molar-refractivity contribution in [2.75, 3.05) is 20.3 Å². The minimum Gasteiger partial charge on any atom is -0.484 e. The highest BCUT2D eigenvalue weighted by molar-refractivity contribution is 5.84. The summed E-state index contributed by atoms with van der Waals surface area (Å²) in [5.41, 5.74) is 0.908. The highest BCUT2D eigenvalue weighted by Crippen LogP contribution is 2.25. The van der Waals surface area contributed by atoms with E-state index in [1.807, 2.05) is 37.4 Å². The van der Waals surface area contributed by atoms with Crippen molar-refractivity contribution in [2.24, 2.45) is 0 Å². The van der Waals surface area contributed by atoms with Crippen LogP contribution in [-0.4, -0.2) is 37.4 Å². The molecule has 0 bridgehead atoms. The Hall–Kier alpha value is -1.65. The average Bonchev–Trinajstić information content (AvgIpc) is 2.48. The number of fused-ring (bicyclic) bond motifs is 1. The molecule has 2 aromatic rings. The SMILES string of the molecule is CNC1CCOCC1Oc1cccc2cccnc12. The summed E-state index contributed by atoms with van der Waals surface area (Å²) in [6.07, 6.45) is 2.80. The molecule has 19 heavy (non-hydrogen) atoms. The molecule has 1 saturated heterocycles. The van der Waals surface area contributed by atoms with Crippen LogP contribution in [0.3, 0.4) is 0 Å². The van der Waals surface area contributed by atoms with Gasteiger partial charge in [-0.2, -0.15) is 0 Å². The smallest absolute Gasteiger partial charge is 0.146 e. The highest BCUT2D eigenvalue weighted by Gasteiger charge is 2.26. The van der Waals surface area contributed by atoms with Crippen LogP contribution >= 0.6 is 0 Å². The summed E-state index contributed by atoms with van der Waals surface area (Å²) >= 11 is 0. The largest absolute Gasteiger partial charge is 0.484 e. The number of para-hydroxylation sites is 1. The van der Waals surface area contributed by atoms with Gasteiger partial charge < -0.3 is 14.8 Å². The molecule has 1 N–H and O–H groups in total. The summed E-state index contributed by atoms with van der Waals surface area (Å²) in [6.45, 7) is 1.41. The van der Waals surface area contributed by atoms with Crippen molar-refractivity contribution in [1.82, 2.24) is 10.3 Å². The van der Waals surface area contributed by atoms with E-state index in [2.05, 4.69) is 10.3 Å². The van der Waals surface area contributed by atoms with E-state index in [0.29, 0.717) is 12.6 Å². The number of hydrogen-bond acceptors (Lipinski definition) is 4. The van der Waals surface area contributed by atoms with E-state index in [4.69, 9.17) is 9.47 Å². The Morgan fingerprint density at radius 1 is 1.32 bits per heavy atom. The van der Waals surface area contributed by atoms with Crippen molar-refractivity contribution >= 4 is 10.9 Å². The van der Waals surface area contributed by atoms with Gasteiger partial charge in [-0.1, -0.05) is 18.2 Å². The lowest BCUT2D eigenvalue weighted by molar-refractivity contribution is -0.0123. The van der Waals surface area contributed by atoms with Crippen LogP contribution < -0.4 is 10.1 Å². The van der Waals surface area contributed by atoms with Crippen LogP contribution in [-0.2, 0) is 4.74 Å². The third kappa shape index (κ3) is 2.55. The van der Waals surface area contributed by atoms with Gasteiger partial charge in [0.15, 0.2) is 0 Å². The summed E-state index contributed by atoms with van der Waals surface area (Å²) in [5, 5.41) is 4.39. The molecular weight excluding hydrogens is 240 g/mol. The number of pyridine rings is 1. The van der Waals surface area contributed by atoms with E-state index >= 15 is 0 Å². The molecule has 0 aliphatic carbocycles. The predicted octanol–water partition coefficient (Wildman–Crippen LogP) is 1.99. The second kappa shape index (κ2) is 5.55. The molecular formula is C15H18N2O2. The zero-order valence-corrected chi connectivity index (χ0v) is 11.0. The first kappa shape index (κ1) is 12.4. The number of nitrogens with zero attached hydrogens (tertiary/aromatic N) is 1. The molecule has 0 amide bonds. The Labute approximate surface area is 112 Å². The number of rotatable bonds is 3. The Bertz CT molecular complexity index is 553. The van der Waals surface area contributed by atoms with Crippen molar-refractivity contribution in [3.8, 4) is 5.75 Å². The summed E-state index contributed by atoms with van der Waals surface area (Å²) < 4.78 is 11.6. The van der Waals surface area contributed by atoms with E-state index < -0.39 is 0 Å². The molecule has 1 aliphatic rings. The summed E-state index contributed by atoms with van der Waals surface area (Å²) in [4.78, 5) is 4.41. The van der Waals surface area contributed by atoms with Crippen molar-refractivity contribution in [2.45, 2.75) is 18.6 Å². The second-order valence-corrected chi connectivity index (χ2v) is 4.75. The van der Waals surface area contributed by atoms with Crippen LogP contribution in [0.4, 0.5) is 0 Å². The highest BCUT2D eigenvalue weighted by atomic mass is 16.5. The average molecular weight is 258 g/mol. The lowest BCUT2D eigenvalue weighted by Crippen LogP contribution is -2.48. The molecule has 1 aromatic heterocycles. The Morgan fingerprint density at radius 2 is 2.21 bits per heavy atom. The maximum atomic E-state index is 6.12. The first-order chi connectivity index (χ1) is 9.38. The van der Waals surface area contributed by atoms with Crippen molar-refractivity contribution in [3.63, 3.8) is 0 Å². The maximum Gasteiger partial charge on any atom is 0.146 e. The minimum atomic E-state index is 0.0337. The molecule has 0 saturated carbocycles. The molecule has 1 fully saturated rings. The molecule has 2 unspecified atom stereocenters. The monoisotopic (exact) mass is 258 g/mol. The standard InChI is InChI=1S/C15H18N2O2/c1-16-12-7-9-18-10-14(12)19-13-6-2-4-11-5-3-8-17-15(11)13/h2-6,8,12,14,16H,7,9-10H2,1H3. The van der Waals surface area contributed by atoms with Gasteiger partial charge in [-0.3, -0.25) is 4.98 Å². The van der Waals surface area contributed by atoms with E-state index in [9.17, 15) is 0 Å². The van der Waals surface area contributed by atoms with E-state index in [1.165, 1.54) is 0 Å². The number of benzene rings is 1. The van der Waals surface area contributed by atoms with Gasteiger partial charge in [-0.15, -0.1) is 0 Å².